The quantitative estimate of drug-likeness (QED) is 0.853. The number of fused-ring (bicyclic) bond motifs is 1. The summed E-state index contributed by atoms with van der Waals surface area (Å²) in [5.41, 5.74) is 2.43. The number of para-hydroxylation sites is 1. The van der Waals surface area contributed by atoms with Crippen molar-refractivity contribution in [3.05, 3.63) is 35.9 Å². The lowest BCUT2D eigenvalue weighted by atomic mass is 10.0. The van der Waals surface area contributed by atoms with E-state index in [2.05, 4.69) is 47.1 Å². The molecule has 0 aliphatic carbocycles. The molecule has 0 N–H and O–H groups in total. The molecule has 0 spiro atoms. The first-order chi connectivity index (χ1) is 11.3. The second-order valence-electron chi connectivity index (χ2n) is 6.68. The van der Waals surface area contributed by atoms with Gasteiger partial charge in [0.25, 0.3) is 0 Å². The van der Waals surface area contributed by atoms with E-state index in [4.69, 9.17) is 9.72 Å². The van der Waals surface area contributed by atoms with Gasteiger partial charge in [0.05, 0.1) is 18.7 Å². The molecule has 0 atom stereocenters. The fourth-order valence-electron chi connectivity index (χ4n) is 3.90. The third kappa shape index (κ3) is 3.06. The SMILES string of the molecule is Cc1cc(N2CCC(N3CCOCC3)CC2)nc2ccccc12. The van der Waals surface area contributed by atoms with Gasteiger partial charge in [-0.25, -0.2) is 4.98 Å². The summed E-state index contributed by atoms with van der Waals surface area (Å²) in [6.45, 7) is 8.38. The minimum absolute atomic E-state index is 0.719. The normalized spacial score (nSPS) is 21.0. The molecule has 2 fully saturated rings. The highest BCUT2D eigenvalue weighted by Crippen LogP contribution is 2.26. The molecule has 3 heterocycles. The van der Waals surface area contributed by atoms with Crippen molar-refractivity contribution in [2.24, 2.45) is 0 Å². The number of aromatic nitrogens is 1. The Balaban J connectivity index is 1.47. The van der Waals surface area contributed by atoms with Crippen LogP contribution in [0, 0.1) is 6.92 Å². The van der Waals surface area contributed by atoms with Crippen molar-refractivity contribution < 1.29 is 4.74 Å². The van der Waals surface area contributed by atoms with E-state index in [0.717, 1.165) is 56.8 Å². The van der Waals surface area contributed by atoms with Crippen LogP contribution in [0.4, 0.5) is 5.82 Å². The number of anilines is 1. The fourth-order valence-corrected chi connectivity index (χ4v) is 3.90. The summed E-state index contributed by atoms with van der Waals surface area (Å²) >= 11 is 0. The second-order valence-corrected chi connectivity index (χ2v) is 6.68. The Bertz CT molecular complexity index is 673. The van der Waals surface area contributed by atoms with Gasteiger partial charge < -0.3 is 9.64 Å². The molecule has 0 amide bonds. The summed E-state index contributed by atoms with van der Waals surface area (Å²) in [4.78, 5) is 9.96. The van der Waals surface area contributed by atoms with Gasteiger partial charge in [0.15, 0.2) is 0 Å². The molecule has 2 saturated heterocycles. The average molecular weight is 311 g/mol. The largest absolute Gasteiger partial charge is 0.379 e. The van der Waals surface area contributed by atoms with Crippen molar-refractivity contribution in [3.8, 4) is 0 Å². The first kappa shape index (κ1) is 14.9. The van der Waals surface area contributed by atoms with Gasteiger partial charge in [0.1, 0.15) is 5.82 Å². The summed E-state index contributed by atoms with van der Waals surface area (Å²) in [6.07, 6.45) is 2.46. The molecule has 1 aromatic heterocycles. The van der Waals surface area contributed by atoms with Crippen LogP contribution in [-0.4, -0.2) is 55.3 Å². The van der Waals surface area contributed by atoms with Gasteiger partial charge in [-0.2, -0.15) is 0 Å². The van der Waals surface area contributed by atoms with Crippen LogP contribution in [0.1, 0.15) is 18.4 Å². The topological polar surface area (TPSA) is 28.6 Å². The Morgan fingerprint density at radius 3 is 2.57 bits per heavy atom. The van der Waals surface area contributed by atoms with Crippen molar-refractivity contribution in [3.63, 3.8) is 0 Å². The maximum Gasteiger partial charge on any atom is 0.129 e. The van der Waals surface area contributed by atoms with Crippen LogP contribution in [0.5, 0.6) is 0 Å². The maximum absolute atomic E-state index is 5.47. The molecule has 1 aromatic carbocycles. The second kappa shape index (κ2) is 6.46. The lowest BCUT2D eigenvalue weighted by Gasteiger charge is -2.40. The average Bonchev–Trinajstić information content (AvgIpc) is 2.63. The number of piperidine rings is 1. The predicted molar refractivity (Wildman–Crippen MR) is 94.1 cm³/mol. The number of morpholine rings is 1. The van der Waals surface area contributed by atoms with Crippen LogP contribution in [0.3, 0.4) is 0 Å². The number of hydrogen-bond donors (Lipinski definition) is 0. The van der Waals surface area contributed by atoms with Crippen molar-refractivity contribution in [1.82, 2.24) is 9.88 Å². The number of nitrogens with zero attached hydrogens (tertiary/aromatic N) is 3. The Hall–Kier alpha value is -1.65. The van der Waals surface area contributed by atoms with E-state index in [1.807, 2.05) is 0 Å². The zero-order chi connectivity index (χ0) is 15.6. The van der Waals surface area contributed by atoms with Gasteiger partial charge in [-0.05, 0) is 37.5 Å². The molecular formula is C19H25N3O. The molecule has 0 saturated carbocycles. The van der Waals surface area contributed by atoms with Crippen molar-refractivity contribution in [2.45, 2.75) is 25.8 Å². The molecule has 0 unspecified atom stereocenters. The number of ether oxygens (including phenoxy) is 1. The molecule has 2 aliphatic heterocycles. The summed E-state index contributed by atoms with van der Waals surface area (Å²) in [5.74, 6) is 1.14. The Kier molecular flexibility index (Phi) is 4.19. The summed E-state index contributed by atoms with van der Waals surface area (Å²) < 4.78 is 5.47. The van der Waals surface area contributed by atoms with Gasteiger partial charge in [0, 0.05) is 37.6 Å². The molecular weight excluding hydrogens is 286 g/mol. The van der Waals surface area contributed by atoms with E-state index in [9.17, 15) is 0 Å². The number of aryl methyl sites for hydroxylation is 1. The number of rotatable bonds is 2. The minimum Gasteiger partial charge on any atom is -0.379 e. The van der Waals surface area contributed by atoms with Gasteiger partial charge in [-0.3, -0.25) is 4.90 Å². The molecule has 122 valence electrons. The zero-order valence-corrected chi connectivity index (χ0v) is 13.9. The standard InChI is InChI=1S/C19H25N3O/c1-15-14-19(20-18-5-3-2-4-17(15)18)22-8-6-16(7-9-22)21-10-12-23-13-11-21/h2-5,14,16H,6-13H2,1H3. The van der Waals surface area contributed by atoms with Crippen molar-refractivity contribution in [2.75, 3.05) is 44.3 Å². The van der Waals surface area contributed by atoms with Gasteiger partial charge >= 0.3 is 0 Å². The summed E-state index contributed by atoms with van der Waals surface area (Å²) in [6, 6.07) is 11.4. The molecule has 0 radical (unpaired) electrons. The van der Waals surface area contributed by atoms with Crippen LogP contribution in [0.25, 0.3) is 10.9 Å². The summed E-state index contributed by atoms with van der Waals surface area (Å²) in [7, 11) is 0. The maximum atomic E-state index is 5.47. The smallest absolute Gasteiger partial charge is 0.129 e. The third-order valence-electron chi connectivity index (χ3n) is 5.26. The van der Waals surface area contributed by atoms with Crippen LogP contribution in [-0.2, 0) is 4.74 Å². The Labute approximate surface area is 138 Å². The van der Waals surface area contributed by atoms with Gasteiger partial charge in [0.2, 0.25) is 0 Å². The van der Waals surface area contributed by atoms with E-state index in [-0.39, 0.29) is 0 Å². The molecule has 4 nitrogen and oxygen atoms in total. The third-order valence-corrected chi connectivity index (χ3v) is 5.26. The van der Waals surface area contributed by atoms with E-state index < -0.39 is 0 Å². The lowest BCUT2D eigenvalue weighted by Crippen LogP contribution is -2.49. The van der Waals surface area contributed by atoms with E-state index >= 15 is 0 Å². The Morgan fingerprint density at radius 2 is 1.78 bits per heavy atom. The highest BCUT2D eigenvalue weighted by atomic mass is 16.5. The highest BCUT2D eigenvalue weighted by molar-refractivity contribution is 5.83. The molecule has 2 aliphatic rings. The zero-order valence-electron chi connectivity index (χ0n) is 13.9. The van der Waals surface area contributed by atoms with Crippen LogP contribution >= 0.6 is 0 Å². The predicted octanol–water partition coefficient (Wildman–Crippen LogP) is 2.84. The molecule has 23 heavy (non-hydrogen) atoms. The van der Waals surface area contributed by atoms with Gasteiger partial charge in [-0.1, -0.05) is 18.2 Å². The first-order valence-corrected chi connectivity index (χ1v) is 8.74. The van der Waals surface area contributed by atoms with Crippen molar-refractivity contribution in [1.29, 1.82) is 0 Å². The molecule has 0 bridgehead atoms. The number of hydrogen-bond acceptors (Lipinski definition) is 4. The fraction of sp³-hybridized carbons (Fsp3) is 0.526. The number of pyridine rings is 1. The molecule has 4 heteroatoms. The van der Waals surface area contributed by atoms with E-state index in [1.54, 1.807) is 0 Å². The van der Waals surface area contributed by atoms with Gasteiger partial charge in [-0.15, -0.1) is 0 Å². The molecule has 2 aromatic rings. The first-order valence-electron chi connectivity index (χ1n) is 8.74. The van der Waals surface area contributed by atoms with E-state index in [1.165, 1.54) is 23.8 Å². The number of benzene rings is 1. The monoisotopic (exact) mass is 311 g/mol. The van der Waals surface area contributed by atoms with Crippen LogP contribution in [0.15, 0.2) is 30.3 Å². The lowest BCUT2D eigenvalue weighted by molar-refractivity contribution is 0.0115. The highest BCUT2D eigenvalue weighted by Gasteiger charge is 2.26. The summed E-state index contributed by atoms with van der Waals surface area (Å²) in [5, 5.41) is 1.26. The minimum atomic E-state index is 0.719. The van der Waals surface area contributed by atoms with Crippen LogP contribution < -0.4 is 4.90 Å². The Morgan fingerprint density at radius 1 is 1.04 bits per heavy atom. The molecule has 4 rings (SSSR count). The van der Waals surface area contributed by atoms with Crippen LogP contribution in [0.2, 0.25) is 0 Å². The van der Waals surface area contributed by atoms with E-state index in [0.29, 0.717) is 0 Å². The van der Waals surface area contributed by atoms with Crippen molar-refractivity contribution >= 4 is 16.7 Å².